The molecule has 0 unspecified atom stereocenters. The zero-order chi connectivity index (χ0) is 6.85. The monoisotopic (exact) mass is 130 g/mol. The van der Waals surface area contributed by atoms with E-state index in [1.165, 1.54) is 0 Å². The van der Waals surface area contributed by atoms with Crippen LogP contribution in [-0.4, -0.2) is 23.8 Å². The van der Waals surface area contributed by atoms with Crippen molar-refractivity contribution in [1.29, 1.82) is 0 Å². The van der Waals surface area contributed by atoms with Crippen LogP contribution >= 0.6 is 0 Å². The van der Waals surface area contributed by atoms with Crippen LogP contribution in [0.4, 0.5) is 0 Å². The normalized spacial score (nSPS) is 32.1. The van der Waals surface area contributed by atoms with Gasteiger partial charge >= 0.3 is 5.97 Å². The number of hydrogen-bond donors (Lipinski definition) is 1. The smallest absolute Gasteiger partial charge is 0.309 e. The summed E-state index contributed by atoms with van der Waals surface area (Å²) in [5.41, 5.74) is 0. The van der Waals surface area contributed by atoms with Crippen LogP contribution in [0.25, 0.3) is 0 Å². The Morgan fingerprint density at radius 2 is 2.56 bits per heavy atom. The second-order valence-corrected chi connectivity index (χ2v) is 2.17. The van der Waals surface area contributed by atoms with Gasteiger partial charge in [-0.25, -0.2) is 0 Å². The van der Waals surface area contributed by atoms with Crippen LogP contribution in [0, 0.1) is 5.92 Å². The summed E-state index contributed by atoms with van der Waals surface area (Å²) in [6.45, 7) is 2.49. The van der Waals surface area contributed by atoms with Crippen LogP contribution in [-0.2, 0) is 9.53 Å². The van der Waals surface area contributed by atoms with E-state index in [-0.39, 0.29) is 12.0 Å². The van der Waals surface area contributed by atoms with E-state index in [1.807, 2.05) is 6.92 Å². The van der Waals surface area contributed by atoms with Crippen molar-refractivity contribution >= 4 is 5.97 Å². The third-order valence-electron chi connectivity index (χ3n) is 1.43. The van der Waals surface area contributed by atoms with E-state index in [2.05, 4.69) is 0 Å². The number of carboxylic acids is 1. The minimum Gasteiger partial charge on any atom is -0.481 e. The molecule has 1 N–H and O–H groups in total. The van der Waals surface area contributed by atoms with Gasteiger partial charge in [0.1, 0.15) is 0 Å². The Hall–Kier alpha value is -0.570. The SMILES string of the molecule is CCO[C@H]1C[C@@H]1C(=O)O. The number of carbonyl (C=O) groups is 1. The molecule has 2 atom stereocenters. The van der Waals surface area contributed by atoms with Crippen molar-refractivity contribution in [3.63, 3.8) is 0 Å². The first kappa shape index (κ1) is 6.55. The van der Waals surface area contributed by atoms with E-state index in [0.717, 1.165) is 0 Å². The average molecular weight is 130 g/mol. The van der Waals surface area contributed by atoms with E-state index in [1.54, 1.807) is 0 Å². The van der Waals surface area contributed by atoms with E-state index in [0.29, 0.717) is 13.0 Å². The Bertz CT molecular complexity index is 121. The third-order valence-corrected chi connectivity index (χ3v) is 1.43. The lowest BCUT2D eigenvalue weighted by Crippen LogP contribution is -2.04. The molecule has 0 bridgehead atoms. The maximum absolute atomic E-state index is 10.2. The molecule has 0 aliphatic heterocycles. The molecule has 0 amide bonds. The standard InChI is InChI=1S/C6H10O3/c1-2-9-5-3-4(5)6(7)8/h4-5H,2-3H2,1H3,(H,7,8)/t4-,5-/m0/s1. The number of rotatable bonds is 3. The summed E-state index contributed by atoms with van der Waals surface area (Å²) in [5, 5.41) is 8.37. The molecule has 0 aromatic heterocycles. The summed E-state index contributed by atoms with van der Waals surface area (Å²) in [5.74, 6) is -0.946. The van der Waals surface area contributed by atoms with Gasteiger partial charge in [0.05, 0.1) is 12.0 Å². The number of carboxylic acid groups (broad SMARTS) is 1. The fraction of sp³-hybridized carbons (Fsp3) is 0.833. The largest absolute Gasteiger partial charge is 0.481 e. The Morgan fingerprint density at radius 1 is 1.89 bits per heavy atom. The van der Waals surface area contributed by atoms with Crippen molar-refractivity contribution < 1.29 is 14.6 Å². The highest BCUT2D eigenvalue weighted by molar-refractivity contribution is 5.74. The molecule has 0 aromatic rings. The van der Waals surface area contributed by atoms with E-state index < -0.39 is 5.97 Å². The van der Waals surface area contributed by atoms with E-state index in [4.69, 9.17) is 9.84 Å². The summed E-state index contributed by atoms with van der Waals surface area (Å²) in [6.07, 6.45) is 0.705. The molecule has 0 radical (unpaired) electrons. The van der Waals surface area contributed by atoms with Crippen molar-refractivity contribution in [1.82, 2.24) is 0 Å². The number of ether oxygens (including phenoxy) is 1. The van der Waals surface area contributed by atoms with Crippen molar-refractivity contribution in [2.45, 2.75) is 19.4 Å². The fourth-order valence-corrected chi connectivity index (χ4v) is 0.830. The van der Waals surface area contributed by atoms with Gasteiger partial charge in [-0.3, -0.25) is 4.79 Å². The molecular weight excluding hydrogens is 120 g/mol. The zero-order valence-corrected chi connectivity index (χ0v) is 5.33. The Labute approximate surface area is 53.6 Å². The summed E-state index contributed by atoms with van der Waals surface area (Å²) in [4.78, 5) is 10.2. The zero-order valence-electron chi connectivity index (χ0n) is 5.33. The molecule has 1 aliphatic carbocycles. The molecule has 1 aliphatic rings. The van der Waals surface area contributed by atoms with Crippen molar-refractivity contribution in [2.24, 2.45) is 5.92 Å². The predicted octanol–water partition coefficient (Wildman–Crippen LogP) is 0.496. The quantitative estimate of drug-likeness (QED) is 0.605. The van der Waals surface area contributed by atoms with Crippen molar-refractivity contribution in [3.8, 4) is 0 Å². The topological polar surface area (TPSA) is 46.5 Å². The van der Waals surface area contributed by atoms with Crippen LogP contribution in [0.15, 0.2) is 0 Å². The van der Waals surface area contributed by atoms with Crippen LogP contribution in [0.5, 0.6) is 0 Å². The van der Waals surface area contributed by atoms with Gasteiger partial charge in [0.2, 0.25) is 0 Å². The summed E-state index contributed by atoms with van der Waals surface area (Å²) in [7, 11) is 0. The molecule has 1 saturated carbocycles. The molecule has 9 heavy (non-hydrogen) atoms. The first-order valence-electron chi connectivity index (χ1n) is 3.10. The van der Waals surface area contributed by atoms with Crippen molar-refractivity contribution in [3.05, 3.63) is 0 Å². The van der Waals surface area contributed by atoms with Gasteiger partial charge < -0.3 is 9.84 Å². The van der Waals surface area contributed by atoms with E-state index in [9.17, 15) is 4.79 Å². The van der Waals surface area contributed by atoms with Gasteiger partial charge in [-0.15, -0.1) is 0 Å². The predicted molar refractivity (Wildman–Crippen MR) is 31.2 cm³/mol. The highest BCUT2D eigenvalue weighted by Gasteiger charge is 2.43. The summed E-state index contributed by atoms with van der Waals surface area (Å²) in [6, 6.07) is 0. The number of aliphatic carboxylic acids is 1. The minimum absolute atomic E-state index is 0.00694. The molecule has 0 heterocycles. The van der Waals surface area contributed by atoms with Crippen LogP contribution in [0.3, 0.4) is 0 Å². The van der Waals surface area contributed by atoms with Gasteiger partial charge in [0.15, 0.2) is 0 Å². The second-order valence-electron chi connectivity index (χ2n) is 2.17. The van der Waals surface area contributed by atoms with Gasteiger partial charge in [0.25, 0.3) is 0 Å². The highest BCUT2D eigenvalue weighted by Crippen LogP contribution is 2.33. The Morgan fingerprint density at radius 3 is 2.89 bits per heavy atom. The van der Waals surface area contributed by atoms with Crippen LogP contribution < -0.4 is 0 Å². The maximum Gasteiger partial charge on any atom is 0.309 e. The first-order chi connectivity index (χ1) is 4.25. The number of hydrogen-bond acceptors (Lipinski definition) is 2. The molecule has 0 saturated heterocycles. The average Bonchev–Trinajstić information content (AvgIpc) is 2.47. The van der Waals surface area contributed by atoms with E-state index >= 15 is 0 Å². The minimum atomic E-state index is -0.728. The molecule has 0 aromatic carbocycles. The van der Waals surface area contributed by atoms with Crippen LogP contribution in [0.1, 0.15) is 13.3 Å². The Balaban J connectivity index is 2.17. The molecule has 0 spiro atoms. The van der Waals surface area contributed by atoms with Gasteiger partial charge in [0, 0.05) is 6.61 Å². The molecule has 1 fully saturated rings. The summed E-state index contributed by atoms with van der Waals surface area (Å²) >= 11 is 0. The highest BCUT2D eigenvalue weighted by atomic mass is 16.5. The first-order valence-corrected chi connectivity index (χ1v) is 3.10. The van der Waals surface area contributed by atoms with Gasteiger partial charge in [-0.2, -0.15) is 0 Å². The van der Waals surface area contributed by atoms with Crippen LogP contribution in [0.2, 0.25) is 0 Å². The van der Waals surface area contributed by atoms with Crippen molar-refractivity contribution in [2.75, 3.05) is 6.61 Å². The maximum atomic E-state index is 10.2. The molecule has 3 nitrogen and oxygen atoms in total. The third kappa shape index (κ3) is 1.42. The second kappa shape index (κ2) is 2.35. The fourth-order valence-electron chi connectivity index (χ4n) is 0.830. The molecule has 3 heteroatoms. The molecule has 1 rings (SSSR count). The molecule has 52 valence electrons. The molecular formula is C6H10O3. The lowest BCUT2D eigenvalue weighted by atomic mass is 10.4. The summed E-state index contributed by atoms with van der Waals surface area (Å²) < 4.78 is 5.05. The Kier molecular flexibility index (Phi) is 1.71. The van der Waals surface area contributed by atoms with Gasteiger partial charge in [-0.05, 0) is 13.3 Å². The van der Waals surface area contributed by atoms with Gasteiger partial charge in [-0.1, -0.05) is 0 Å². The lowest BCUT2D eigenvalue weighted by Gasteiger charge is -1.93. The lowest BCUT2D eigenvalue weighted by molar-refractivity contribution is -0.139.